The van der Waals surface area contributed by atoms with Gasteiger partial charge in [0, 0.05) is 43.7 Å². The number of aromatic nitrogens is 2. The van der Waals surface area contributed by atoms with Crippen LogP contribution in [0.5, 0.6) is 5.88 Å². The summed E-state index contributed by atoms with van der Waals surface area (Å²) in [6, 6.07) is 4.87. The van der Waals surface area contributed by atoms with Crippen molar-refractivity contribution in [2.75, 3.05) is 26.7 Å². The second kappa shape index (κ2) is 10.3. The molecule has 4 rings (SSSR count). The number of hydrogen-bond acceptors (Lipinski definition) is 6. The van der Waals surface area contributed by atoms with E-state index in [1.807, 2.05) is 19.9 Å². The smallest absolute Gasteiger partial charge is 0.259 e. The predicted octanol–water partition coefficient (Wildman–Crippen LogP) is 3.04. The van der Waals surface area contributed by atoms with Gasteiger partial charge in [0.05, 0.1) is 19.2 Å². The quantitative estimate of drug-likeness (QED) is 0.706. The average Bonchev–Trinajstić information content (AvgIpc) is 3.40. The average molecular weight is 465 g/mol. The Morgan fingerprint density at radius 1 is 1.35 bits per heavy atom. The van der Waals surface area contributed by atoms with Gasteiger partial charge in [0.25, 0.3) is 11.8 Å². The first-order valence-electron chi connectivity index (χ1n) is 11.8. The largest absolute Gasteiger partial charge is 0.472 e. The molecule has 0 saturated heterocycles. The van der Waals surface area contributed by atoms with Crippen molar-refractivity contribution in [3.8, 4) is 5.88 Å². The van der Waals surface area contributed by atoms with Gasteiger partial charge in [0.15, 0.2) is 0 Å². The number of allylic oxidation sites excluding steroid dienone is 2. The van der Waals surface area contributed by atoms with E-state index in [4.69, 9.17) is 4.74 Å². The molecule has 2 amide bonds. The van der Waals surface area contributed by atoms with Crippen LogP contribution in [0, 0.1) is 5.92 Å². The molecule has 3 heterocycles. The van der Waals surface area contributed by atoms with E-state index >= 15 is 0 Å². The lowest BCUT2D eigenvalue weighted by molar-refractivity contribution is 0.0313. The lowest BCUT2D eigenvalue weighted by Crippen LogP contribution is -2.50. The van der Waals surface area contributed by atoms with Gasteiger partial charge in [-0.2, -0.15) is 0 Å². The number of fused-ring (bicyclic) bond motifs is 1. The first-order valence-corrected chi connectivity index (χ1v) is 11.8. The number of likely N-dealkylation sites (N-methyl/N-ethyl adjacent to an activating group) is 1. The van der Waals surface area contributed by atoms with Crippen LogP contribution in [-0.4, -0.2) is 75.6 Å². The summed E-state index contributed by atoms with van der Waals surface area (Å²) in [5.74, 6) is -0.161. The van der Waals surface area contributed by atoms with Crippen LogP contribution >= 0.6 is 0 Å². The number of rotatable bonds is 6. The number of pyridine rings is 2. The Hall–Kier alpha value is -3.26. The van der Waals surface area contributed by atoms with Crippen molar-refractivity contribution in [1.82, 2.24) is 19.8 Å². The normalized spacial score (nSPS) is 21.1. The van der Waals surface area contributed by atoms with E-state index in [1.54, 1.807) is 47.6 Å². The zero-order valence-corrected chi connectivity index (χ0v) is 20.0. The van der Waals surface area contributed by atoms with Gasteiger partial charge in [0.1, 0.15) is 11.7 Å². The number of nitrogens with zero attached hydrogens (tertiary/aromatic N) is 4. The molecule has 2 aliphatic rings. The summed E-state index contributed by atoms with van der Waals surface area (Å²) in [6.45, 7) is 4.40. The minimum absolute atomic E-state index is 0.0993. The highest BCUT2D eigenvalue weighted by Gasteiger charge is 2.35. The van der Waals surface area contributed by atoms with Crippen LogP contribution in [0.3, 0.4) is 0 Å². The lowest BCUT2D eigenvalue weighted by Gasteiger charge is -2.37. The van der Waals surface area contributed by atoms with Crippen LogP contribution in [0.15, 0.2) is 42.9 Å². The maximum atomic E-state index is 13.5. The fourth-order valence-corrected chi connectivity index (χ4v) is 4.50. The molecule has 0 bridgehead atoms. The fraction of sp³-hybridized carbons (Fsp3) is 0.462. The third-order valence-corrected chi connectivity index (χ3v) is 6.66. The molecule has 0 saturated carbocycles. The summed E-state index contributed by atoms with van der Waals surface area (Å²) in [5, 5.41) is 9.83. The first-order chi connectivity index (χ1) is 16.4. The first kappa shape index (κ1) is 23.9. The second-order valence-corrected chi connectivity index (χ2v) is 9.24. The van der Waals surface area contributed by atoms with Crippen LogP contribution in [0.4, 0.5) is 0 Å². The summed E-state index contributed by atoms with van der Waals surface area (Å²) in [6.07, 6.45) is 9.84. The SMILES string of the molecule is C[C@H]1CN([C@@H](C)CO)C(=O)c2cc(C3=CCCC3)cnc2O[C@@H]1CN(C)C(=O)c1ccncc1. The standard InChI is InChI=1S/C26H32N4O4/c1-17-14-30(18(2)16-31)26(33)22-12-21(19-6-4-5-7-19)13-28-24(22)34-23(17)15-29(3)25(32)20-8-10-27-11-9-20/h6,8-13,17-18,23,31H,4-5,7,14-16H2,1-3H3/t17-,18-,23+/m0/s1. The van der Waals surface area contributed by atoms with Crippen molar-refractivity contribution in [2.24, 2.45) is 5.92 Å². The highest BCUT2D eigenvalue weighted by Crippen LogP contribution is 2.32. The van der Waals surface area contributed by atoms with E-state index in [1.165, 1.54) is 5.57 Å². The van der Waals surface area contributed by atoms with Gasteiger partial charge in [-0.25, -0.2) is 4.98 Å². The molecule has 0 spiro atoms. The zero-order chi connectivity index (χ0) is 24.2. The van der Waals surface area contributed by atoms with Crippen LogP contribution in [0.2, 0.25) is 0 Å². The molecule has 1 aliphatic heterocycles. The summed E-state index contributed by atoms with van der Waals surface area (Å²) >= 11 is 0. The third kappa shape index (κ3) is 4.97. The molecule has 3 atom stereocenters. The van der Waals surface area contributed by atoms with Crippen LogP contribution in [-0.2, 0) is 0 Å². The molecule has 0 fully saturated rings. The molecule has 8 nitrogen and oxygen atoms in total. The van der Waals surface area contributed by atoms with Crippen molar-refractivity contribution in [3.63, 3.8) is 0 Å². The Bertz CT molecular complexity index is 1070. The maximum Gasteiger partial charge on any atom is 0.259 e. The Morgan fingerprint density at radius 3 is 2.79 bits per heavy atom. The predicted molar refractivity (Wildman–Crippen MR) is 128 cm³/mol. The summed E-state index contributed by atoms with van der Waals surface area (Å²) in [5.41, 5.74) is 3.07. The molecule has 2 aromatic rings. The van der Waals surface area contributed by atoms with E-state index in [2.05, 4.69) is 16.0 Å². The van der Waals surface area contributed by atoms with Crippen molar-refractivity contribution < 1.29 is 19.4 Å². The molecule has 1 aliphatic carbocycles. The molecule has 8 heteroatoms. The molecule has 0 radical (unpaired) electrons. The molecule has 34 heavy (non-hydrogen) atoms. The Balaban J connectivity index is 1.65. The zero-order valence-electron chi connectivity index (χ0n) is 20.0. The number of aliphatic hydroxyl groups is 1. The van der Waals surface area contributed by atoms with Gasteiger partial charge in [-0.05, 0) is 55.5 Å². The van der Waals surface area contributed by atoms with Gasteiger partial charge in [-0.15, -0.1) is 0 Å². The van der Waals surface area contributed by atoms with Gasteiger partial charge >= 0.3 is 0 Å². The minimum atomic E-state index is -0.389. The van der Waals surface area contributed by atoms with E-state index in [9.17, 15) is 14.7 Å². The van der Waals surface area contributed by atoms with Crippen molar-refractivity contribution in [2.45, 2.75) is 45.3 Å². The molecule has 0 unspecified atom stereocenters. The van der Waals surface area contributed by atoms with Crippen molar-refractivity contribution >= 4 is 17.4 Å². The van der Waals surface area contributed by atoms with Gasteiger partial charge in [0.2, 0.25) is 5.88 Å². The van der Waals surface area contributed by atoms with Crippen LogP contribution in [0.1, 0.15) is 59.4 Å². The van der Waals surface area contributed by atoms with Gasteiger partial charge in [-0.1, -0.05) is 13.0 Å². The highest BCUT2D eigenvalue weighted by molar-refractivity contribution is 5.97. The minimum Gasteiger partial charge on any atom is -0.472 e. The summed E-state index contributed by atoms with van der Waals surface area (Å²) < 4.78 is 6.31. The molecular formula is C26H32N4O4. The monoisotopic (exact) mass is 464 g/mol. The van der Waals surface area contributed by atoms with Crippen molar-refractivity contribution in [1.29, 1.82) is 0 Å². The van der Waals surface area contributed by atoms with E-state index in [0.29, 0.717) is 24.2 Å². The number of amides is 2. The Morgan fingerprint density at radius 2 is 2.12 bits per heavy atom. The van der Waals surface area contributed by atoms with E-state index in [0.717, 1.165) is 24.8 Å². The van der Waals surface area contributed by atoms with Crippen molar-refractivity contribution in [3.05, 3.63) is 59.6 Å². The van der Waals surface area contributed by atoms with E-state index < -0.39 is 0 Å². The number of carbonyl (C=O) groups is 2. The molecule has 1 N–H and O–H groups in total. The molecule has 2 aromatic heterocycles. The molecule has 180 valence electrons. The lowest BCUT2D eigenvalue weighted by atomic mass is 9.99. The Kier molecular flexibility index (Phi) is 7.26. The maximum absolute atomic E-state index is 13.5. The number of ether oxygens (including phenoxy) is 1. The second-order valence-electron chi connectivity index (χ2n) is 9.24. The summed E-state index contributed by atoms with van der Waals surface area (Å²) in [7, 11) is 1.74. The van der Waals surface area contributed by atoms with Gasteiger partial charge < -0.3 is 19.6 Å². The van der Waals surface area contributed by atoms with E-state index in [-0.39, 0.29) is 42.4 Å². The molecular weight excluding hydrogens is 432 g/mol. The number of aliphatic hydroxyl groups excluding tert-OH is 1. The topological polar surface area (TPSA) is 95.9 Å². The third-order valence-electron chi connectivity index (χ3n) is 6.66. The van der Waals surface area contributed by atoms with Gasteiger partial charge in [-0.3, -0.25) is 14.6 Å². The number of carbonyl (C=O) groups excluding carboxylic acids is 2. The Labute approximate surface area is 200 Å². The van der Waals surface area contributed by atoms with Crippen LogP contribution < -0.4 is 4.74 Å². The summed E-state index contributed by atoms with van der Waals surface area (Å²) in [4.78, 5) is 38.3. The van der Waals surface area contributed by atoms with Crippen LogP contribution in [0.25, 0.3) is 5.57 Å². The fourth-order valence-electron chi connectivity index (χ4n) is 4.50. The highest BCUT2D eigenvalue weighted by atomic mass is 16.5. The number of hydrogen-bond donors (Lipinski definition) is 1. The molecule has 0 aromatic carbocycles.